The van der Waals surface area contributed by atoms with Crippen LogP contribution >= 0.6 is 23.7 Å². The second kappa shape index (κ2) is 8.79. The summed E-state index contributed by atoms with van der Waals surface area (Å²) in [5.74, 6) is 0.596. The second-order valence-corrected chi connectivity index (χ2v) is 7.79. The number of benzene rings is 1. The van der Waals surface area contributed by atoms with Crippen molar-refractivity contribution in [2.75, 3.05) is 5.32 Å². The number of hydrogen-bond donors (Lipinski definition) is 2. The molecule has 0 unspecified atom stereocenters. The van der Waals surface area contributed by atoms with Gasteiger partial charge in [-0.15, -0.1) is 23.7 Å². The lowest BCUT2D eigenvalue weighted by molar-refractivity contribution is -0.120. The molecule has 1 aliphatic rings. The lowest BCUT2D eigenvalue weighted by atomic mass is 9.86. The van der Waals surface area contributed by atoms with Gasteiger partial charge in [0.25, 0.3) is 0 Å². The van der Waals surface area contributed by atoms with Gasteiger partial charge in [0.05, 0.1) is 5.69 Å². The summed E-state index contributed by atoms with van der Waals surface area (Å²) in [6.07, 6.45) is 3.76. The maximum Gasteiger partial charge on any atom is 0.229 e. The molecule has 3 N–H and O–H groups in total. The normalized spacial score (nSPS) is 20.2. The first-order chi connectivity index (χ1) is 11.5. The van der Waals surface area contributed by atoms with E-state index in [1.807, 2.05) is 5.38 Å². The summed E-state index contributed by atoms with van der Waals surface area (Å²) in [5, 5.41) is 5.63. The van der Waals surface area contributed by atoms with Gasteiger partial charge in [-0.3, -0.25) is 4.79 Å². The van der Waals surface area contributed by atoms with Gasteiger partial charge in [-0.05, 0) is 30.7 Å². The van der Waals surface area contributed by atoms with Crippen LogP contribution in [0.15, 0.2) is 29.6 Å². The number of halogens is 1. The number of anilines is 1. The highest BCUT2D eigenvalue weighted by atomic mass is 35.5. The molecule has 0 bridgehead atoms. The Morgan fingerprint density at radius 2 is 2.00 bits per heavy atom. The number of hydrogen-bond acceptors (Lipinski definition) is 4. The van der Waals surface area contributed by atoms with Crippen LogP contribution in [0.1, 0.15) is 51.0 Å². The highest BCUT2D eigenvalue weighted by molar-refractivity contribution is 7.14. The van der Waals surface area contributed by atoms with Crippen LogP contribution in [-0.4, -0.2) is 16.9 Å². The first-order valence-electron chi connectivity index (χ1n) is 8.65. The Morgan fingerprint density at radius 3 is 2.64 bits per heavy atom. The highest BCUT2D eigenvalue weighted by Crippen LogP contribution is 2.28. The fraction of sp³-hybridized carbons (Fsp3) is 0.474. The predicted molar refractivity (Wildman–Crippen MR) is 107 cm³/mol. The first kappa shape index (κ1) is 19.9. The molecule has 136 valence electrons. The number of nitrogens with two attached hydrogens (primary N) is 1. The lowest BCUT2D eigenvalue weighted by Gasteiger charge is -2.25. The van der Waals surface area contributed by atoms with Gasteiger partial charge in [0, 0.05) is 22.9 Å². The number of rotatable bonds is 4. The molecule has 6 heteroatoms. The van der Waals surface area contributed by atoms with Gasteiger partial charge in [-0.2, -0.15) is 0 Å². The molecular formula is C19H26ClN3OS. The van der Waals surface area contributed by atoms with Crippen LogP contribution in [0.2, 0.25) is 0 Å². The van der Waals surface area contributed by atoms with E-state index < -0.39 is 0 Å². The number of carbonyl (C=O) groups is 1. The van der Waals surface area contributed by atoms with E-state index in [0.717, 1.165) is 36.9 Å². The van der Waals surface area contributed by atoms with E-state index >= 15 is 0 Å². The monoisotopic (exact) mass is 379 g/mol. The number of nitrogens with one attached hydrogen (secondary N) is 1. The number of carbonyl (C=O) groups excluding carboxylic acids is 1. The molecule has 1 aliphatic carbocycles. The molecule has 3 rings (SSSR count). The highest BCUT2D eigenvalue weighted by Gasteiger charge is 2.25. The minimum absolute atomic E-state index is 0. The van der Waals surface area contributed by atoms with Crippen molar-refractivity contribution < 1.29 is 4.79 Å². The quantitative estimate of drug-likeness (QED) is 0.800. The summed E-state index contributed by atoms with van der Waals surface area (Å²) < 4.78 is 0. The van der Waals surface area contributed by atoms with E-state index in [1.54, 1.807) is 0 Å². The fourth-order valence-electron chi connectivity index (χ4n) is 3.18. The predicted octanol–water partition coefficient (Wildman–Crippen LogP) is 4.81. The summed E-state index contributed by atoms with van der Waals surface area (Å²) in [5.41, 5.74) is 9.28. The van der Waals surface area contributed by atoms with Crippen molar-refractivity contribution in [1.29, 1.82) is 0 Å². The van der Waals surface area contributed by atoms with Gasteiger partial charge < -0.3 is 11.1 Å². The van der Waals surface area contributed by atoms with Gasteiger partial charge in [-0.25, -0.2) is 4.98 Å². The Labute approximate surface area is 159 Å². The van der Waals surface area contributed by atoms with Crippen molar-refractivity contribution in [2.24, 2.45) is 11.7 Å². The maximum atomic E-state index is 12.4. The molecule has 0 aliphatic heterocycles. The van der Waals surface area contributed by atoms with Crippen LogP contribution < -0.4 is 11.1 Å². The van der Waals surface area contributed by atoms with Crippen LogP contribution in [0.3, 0.4) is 0 Å². The zero-order chi connectivity index (χ0) is 17.1. The van der Waals surface area contributed by atoms with Crippen molar-refractivity contribution in [2.45, 2.75) is 51.5 Å². The van der Waals surface area contributed by atoms with Crippen molar-refractivity contribution in [3.05, 3.63) is 35.2 Å². The number of aromatic nitrogens is 1. The Hall–Kier alpha value is -1.43. The third-order valence-corrected chi connectivity index (χ3v) is 5.45. The molecule has 1 aromatic carbocycles. The molecule has 1 amide bonds. The summed E-state index contributed by atoms with van der Waals surface area (Å²) in [4.78, 5) is 16.9. The van der Waals surface area contributed by atoms with Crippen molar-refractivity contribution in [3.8, 4) is 11.3 Å². The van der Waals surface area contributed by atoms with Gasteiger partial charge in [0.15, 0.2) is 5.13 Å². The van der Waals surface area contributed by atoms with Crippen LogP contribution in [0.4, 0.5) is 5.13 Å². The lowest BCUT2D eigenvalue weighted by Crippen LogP contribution is -2.34. The average Bonchev–Trinajstić information content (AvgIpc) is 3.03. The summed E-state index contributed by atoms with van der Waals surface area (Å²) >= 11 is 1.47. The number of nitrogens with zero attached hydrogens (tertiary/aromatic N) is 1. The molecule has 1 heterocycles. The number of amides is 1. The molecule has 2 aromatic rings. The first-order valence-corrected chi connectivity index (χ1v) is 9.53. The smallest absolute Gasteiger partial charge is 0.229 e. The van der Waals surface area contributed by atoms with Gasteiger partial charge in [0.1, 0.15) is 0 Å². The SMILES string of the molecule is CC(C)c1ccc(-c2csc(NC(=O)[C@@H]3CCC[C@H](N)C3)n2)cc1.Cl. The molecular weight excluding hydrogens is 354 g/mol. The zero-order valence-corrected chi connectivity index (χ0v) is 16.3. The summed E-state index contributed by atoms with van der Waals surface area (Å²) in [7, 11) is 0. The molecule has 2 atom stereocenters. The molecule has 1 saturated carbocycles. The average molecular weight is 380 g/mol. The third kappa shape index (κ3) is 5.03. The fourth-order valence-corrected chi connectivity index (χ4v) is 3.90. The molecule has 4 nitrogen and oxygen atoms in total. The Morgan fingerprint density at radius 1 is 1.28 bits per heavy atom. The maximum absolute atomic E-state index is 12.4. The topological polar surface area (TPSA) is 68.0 Å². The molecule has 1 aromatic heterocycles. The molecule has 0 spiro atoms. The third-order valence-electron chi connectivity index (χ3n) is 4.69. The summed E-state index contributed by atoms with van der Waals surface area (Å²) in [6.45, 7) is 4.37. The van der Waals surface area contributed by atoms with Crippen LogP contribution in [-0.2, 0) is 4.79 Å². The Bertz CT molecular complexity index is 699. The standard InChI is InChI=1S/C19H25N3OS.ClH/c1-12(2)13-6-8-14(9-7-13)17-11-24-19(21-17)22-18(23)15-4-3-5-16(20)10-15;/h6-9,11-12,15-16H,3-5,10,20H2,1-2H3,(H,21,22,23);1H/t15-,16+;/m1./s1. The van der Waals surface area contributed by atoms with Crippen molar-refractivity contribution in [1.82, 2.24) is 4.98 Å². The van der Waals surface area contributed by atoms with Crippen LogP contribution in [0.25, 0.3) is 11.3 Å². The van der Waals surface area contributed by atoms with Crippen molar-refractivity contribution in [3.63, 3.8) is 0 Å². The van der Waals surface area contributed by atoms with E-state index in [0.29, 0.717) is 11.0 Å². The van der Waals surface area contributed by atoms with Gasteiger partial charge in [-0.1, -0.05) is 44.5 Å². The van der Waals surface area contributed by atoms with E-state index in [4.69, 9.17) is 5.73 Å². The molecule has 0 saturated heterocycles. The van der Waals surface area contributed by atoms with E-state index in [1.165, 1.54) is 16.9 Å². The van der Waals surface area contributed by atoms with Crippen LogP contribution in [0, 0.1) is 5.92 Å². The number of thiazole rings is 1. The largest absolute Gasteiger partial charge is 0.328 e. The molecule has 0 radical (unpaired) electrons. The Kier molecular flexibility index (Phi) is 6.99. The van der Waals surface area contributed by atoms with E-state index in [2.05, 4.69) is 48.4 Å². The summed E-state index contributed by atoms with van der Waals surface area (Å²) in [6, 6.07) is 8.62. The van der Waals surface area contributed by atoms with E-state index in [-0.39, 0.29) is 30.3 Å². The van der Waals surface area contributed by atoms with Crippen LogP contribution in [0.5, 0.6) is 0 Å². The minimum atomic E-state index is 0. The molecule has 1 fully saturated rings. The van der Waals surface area contributed by atoms with Gasteiger partial charge >= 0.3 is 0 Å². The minimum Gasteiger partial charge on any atom is -0.328 e. The molecule has 25 heavy (non-hydrogen) atoms. The Balaban J connectivity index is 0.00000225. The van der Waals surface area contributed by atoms with Gasteiger partial charge in [0.2, 0.25) is 5.91 Å². The van der Waals surface area contributed by atoms with E-state index in [9.17, 15) is 4.79 Å². The second-order valence-electron chi connectivity index (χ2n) is 6.93. The van der Waals surface area contributed by atoms with Crippen molar-refractivity contribution >= 4 is 34.8 Å². The zero-order valence-electron chi connectivity index (χ0n) is 14.7.